The number of hydrogen-bond acceptors (Lipinski definition) is 4. The first kappa shape index (κ1) is 19.5. The van der Waals surface area contributed by atoms with Crippen LogP contribution in [-0.2, 0) is 12.8 Å². The molecule has 28 heavy (non-hydrogen) atoms. The van der Waals surface area contributed by atoms with Crippen molar-refractivity contribution in [2.45, 2.75) is 19.3 Å². The molecular formula is C22H23FN4O. The average Bonchev–Trinajstić information content (AvgIpc) is 2.73. The van der Waals surface area contributed by atoms with Crippen LogP contribution in [0.2, 0.25) is 0 Å². The van der Waals surface area contributed by atoms with E-state index >= 15 is 0 Å². The monoisotopic (exact) mass is 378 g/mol. The second-order valence-electron chi connectivity index (χ2n) is 6.41. The summed E-state index contributed by atoms with van der Waals surface area (Å²) in [6, 6.07) is 18.1. The summed E-state index contributed by atoms with van der Waals surface area (Å²) < 4.78 is 12.9. The standard InChI is InChI=1S/C22H23FN4O/c23-19-10-8-18(9-11-19)12-15-25-22-26-16-13-20(27-22)21(28)24-14-4-7-17-5-2-1-3-6-17/h1-3,5-6,8-11,13,16H,4,7,12,14-15H2,(H,24,28)(H,25,26,27). The molecule has 0 aliphatic heterocycles. The Bertz CT molecular complexity index is 885. The molecule has 1 heterocycles. The van der Waals surface area contributed by atoms with E-state index in [1.165, 1.54) is 17.7 Å². The van der Waals surface area contributed by atoms with Crippen LogP contribution < -0.4 is 10.6 Å². The fraction of sp³-hybridized carbons (Fsp3) is 0.227. The number of hydrogen-bond donors (Lipinski definition) is 2. The fourth-order valence-electron chi connectivity index (χ4n) is 2.77. The van der Waals surface area contributed by atoms with Crippen LogP contribution in [0.3, 0.4) is 0 Å². The Balaban J connectivity index is 1.42. The highest BCUT2D eigenvalue weighted by atomic mass is 19.1. The van der Waals surface area contributed by atoms with Gasteiger partial charge in [-0.1, -0.05) is 42.5 Å². The maximum absolute atomic E-state index is 12.9. The van der Waals surface area contributed by atoms with Gasteiger partial charge in [-0.15, -0.1) is 0 Å². The van der Waals surface area contributed by atoms with Gasteiger partial charge < -0.3 is 10.6 Å². The van der Waals surface area contributed by atoms with Gasteiger partial charge in [0, 0.05) is 19.3 Å². The molecule has 0 fully saturated rings. The Hall–Kier alpha value is -3.28. The van der Waals surface area contributed by atoms with E-state index in [-0.39, 0.29) is 11.7 Å². The SMILES string of the molecule is O=C(NCCCc1ccccc1)c1ccnc(NCCc2ccc(F)cc2)n1. The van der Waals surface area contributed by atoms with Crippen LogP contribution in [0.25, 0.3) is 0 Å². The Kier molecular flexibility index (Phi) is 7.07. The molecule has 3 aromatic rings. The van der Waals surface area contributed by atoms with Crippen molar-refractivity contribution in [3.63, 3.8) is 0 Å². The van der Waals surface area contributed by atoms with Crippen molar-refractivity contribution < 1.29 is 9.18 Å². The van der Waals surface area contributed by atoms with Crippen molar-refractivity contribution in [3.8, 4) is 0 Å². The number of aromatic nitrogens is 2. The number of carbonyl (C=O) groups excluding carboxylic acids is 1. The summed E-state index contributed by atoms with van der Waals surface area (Å²) in [4.78, 5) is 20.7. The molecule has 0 unspecified atom stereocenters. The van der Waals surface area contributed by atoms with Gasteiger partial charge in [-0.2, -0.15) is 0 Å². The van der Waals surface area contributed by atoms with Crippen LogP contribution in [0.5, 0.6) is 0 Å². The van der Waals surface area contributed by atoms with E-state index < -0.39 is 0 Å². The van der Waals surface area contributed by atoms with Crippen LogP contribution in [0, 0.1) is 5.82 Å². The maximum Gasteiger partial charge on any atom is 0.270 e. The lowest BCUT2D eigenvalue weighted by molar-refractivity contribution is 0.0948. The van der Waals surface area contributed by atoms with Gasteiger partial charge in [-0.3, -0.25) is 4.79 Å². The lowest BCUT2D eigenvalue weighted by Gasteiger charge is -2.08. The number of halogens is 1. The first-order valence-electron chi connectivity index (χ1n) is 9.34. The maximum atomic E-state index is 12.9. The molecule has 0 aliphatic rings. The first-order valence-corrected chi connectivity index (χ1v) is 9.34. The Morgan fingerprint density at radius 3 is 2.43 bits per heavy atom. The molecule has 144 valence electrons. The number of rotatable bonds is 9. The molecule has 0 atom stereocenters. The third-order valence-electron chi connectivity index (χ3n) is 4.27. The van der Waals surface area contributed by atoms with Crippen molar-refractivity contribution in [2.75, 3.05) is 18.4 Å². The summed E-state index contributed by atoms with van der Waals surface area (Å²) in [6.45, 7) is 1.18. The third-order valence-corrected chi connectivity index (χ3v) is 4.27. The van der Waals surface area contributed by atoms with Crippen LogP contribution in [0.4, 0.5) is 10.3 Å². The Labute approximate surface area is 164 Å². The smallest absolute Gasteiger partial charge is 0.270 e. The molecular weight excluding hydrogens is 355 g/mol. The third kappa shape index (κ3) is 6.16. The zero-order valence-corrected chi connectivity index (χ0v) is 15.6. The quantitative estimate of drug-likeness (QED) is 0.558. The van der Waals surface area contributed by atoms with E-state index in [0.717, 1.165) is 18.4 Å². The first-order chi connectivity index (χ1) is 13.7. The van der Waals surface area contributed by atoms with Gasteiger partial charge in [0.05, 0.1) is 0 Å². The van der Waals surface area contributed by atoms with Crippen molar-refractivity contribution >= 4 is 11.9 Å². The van der Waals surface area contributed by atoms with E-state index in [0.29, 0.717) is 31.2 Å². The molecule has 0 aliphatic carbocycles. The number of nitrogens with zero attached hydrogens (tertiary/aromatic N) is 2. The summed E-state index contributed by atoms with van der Waals surface area (Å²) in [5.74, 6) is -0.0568. The van der Waals surface area contributed by atoms with E-state index in [4.69, 9.17) is 0 Å². The van der Waals surface area contributed by atoms with Gasteiger partial charge >= 0.3 is 0 Å². The number of amides is 1. The highest BCUT2D eigenvalue weighted by Gasteiger charge is 2.08. The highest BCUT2D eigenvalue weighted by Crippen LogP contribution is 2.06. The number of nitrogens with one attached hydrogen (secondary N) is 2. The molecule has 0 saturated carbocycles. The molecule has 1 aromatic heterocycles. The van der Waals surface area contributed by atoms with Gasteiger partial charge in [0.1, 0.15) is 11.5 Å². The predicted molar refractivity (Wildman–Crippen MR) is 108 cm³/mol. The topological polar surface area (TPSA) is 66.9 Å². The van der Waals surface area contributed by atoms with Crippen LogP contribution in [0.1, 0.15) is 28.0 Å². The van der Waals surface area contributed by atoms with Gasteiger partial charge in [-0.25, -0.2) is 14.4 Å². The summed E-state index contributed by atoms with van der Waals surface area (Å²) >= 11 is 0. The second kappa shape index (κ2) is 10.2. The van der Waals surface area contributed by atoms with Crippen LogP contribution in [-0.4, -0.2) is 29.0 Å². The number of benzene rings is 2. The molecule has 1 amide bonds. The summed E-state index contributed by atoms with van der Waals surface area (Å²) in [7, 11) is 0. The number of aryl methyl sites for hydroxylation is 1. The van der Waals surface area contributed by atoms with E-state index in [1.807, 2.05) is 18.2 Å². The minimum atomic E-state index is -0.248. The van der Waals surface area contributed by atoms with E-state index in [1.54, 1.807) is 24.4 Å². The molecule has 0 spiro atoms. The van der Waals surface area contributed by atoms with Gasteiger partial charge in [0.2, 0.25) is 5.95 Å². The minimum Gasteiger partial charge on any atom is -0.354 e. The Morgan fingerprint density at radius 2 is 1.64 bits per heavy atom. The van der Waals surface area contributed by atoms with Gasteiger partial charge in [-0.05, 0) is 48.6 Å². The zero-order valence-electron chi connectivity index (χ0n) is 15.6. The van der Waals surface area contributed by atoms with Crippen molar-refractivity contribution in [3.05, 3.63) is 89.5 Å². The largest absolute Gasteiger partial charge is 0.354 e. The fourth-order valence-corrected chi connectivity index (χ4v) is 2.77. The molecule has 0 saturated heterocycles. The molecule has 2 N–H and O–H groups in total. The number of anilines is 1. The normalized spacial score (nSPS) is 10.5. The second-order valence-corrected chi connectivity index (χ2v) is 6.41. The highest BCUT2D eigenvalue weighted by molar-refractivity contribution is 5.92. The van der Waals surface area contributed by atoms with Crippen molar-refractivity contribution in [1.82, 2.24) is 15.3 Å². The summed E-state index contributed by atoms with van der Waals surface area (Å²) in [6.07, 6.45) is 4.05. The number of carbonyl (C=O) groups is 1. The van der Waals surface area contributed by atoms with Crippen LogP contribution in [0.15, 0.2) is 66.9 Å². The van der Waals surface area contributed by atoms with Crippen molar-refractivity contribution in [2.24, 2.45) is 0 Å². The lowest BCUT2D eigenvalue weighted by atomic mass is 10.1. The minimum absolute atomic E-state index is 0.211. The molecule has 2 aromatic carbocycles. The average molecular weight is 378 g/mol. The van der Waals surface area contributed by atoms with Crippen LogP contribution >= 0.6 is 0 Å². The Morgan fingerprint density at radius 1 is 0.893 bits per heavy atom. The molecule has 6 heteroatoms. The molecule has 0 radical (unpaired) electrons. The molecule has 3 rings (SSSR count). The molecule has 0 bridgehead atoms. The van der Waals surface area contributed by atoms with Crippen molar-refractivity contribution in [1.29, 1.82) is 0 Å². The van der Waals surface area contributed by atoms with E-state index in [9.17, 15) is 9.18 Å². The van der Waals surface area contributed by atoms with Gasteiger partial charge in [0.15, 0.2) is 0 Å². The van der Waals surface area contributed by atoms with E-state index in [2.05, 4.69) is 32.7 Å². The summed E-state index contributed by atoms with van der Waals surface area (Å²) in [5.41, 5.74) is 2.60. The van der Waals surface area contributed by atoms with Gasteiger partial charge in [0.25, 0.3) is 5.91 Å². The zero-order chi connectivity index (χ0) is 19.6. The predicted octanol–water partition coefficient (Wildman–Crippen LogP) is 3.63. The lowest BCUT2D eigenvalue weighted by Crippen LogP contribution is -2.26. The summed E-state index contributed by atoms with van der Waals surface area (Å²) in [5, 5.41) is 5.99. The molecule has 5 nitrogen and oxygen atoms in total.